The first-order valence-electron chi connectivity index (χ1n) is 12.3. The van der Waals surface area contributed by atoms with Crippen molar-refractivity contribution in [2.24, 2.45) is 0 Å². The fourth-order valence-corrected chi connectivity index (χ4v) is 6.71. The zero-order valence-electron chi connectivity index (χ0n) is 19.0. The van der Waals surface area contributed by atoms with Gasteiger partial charge in [-0.3, -0.25) is 4.40 Å². The summed E-state index contributed by atoms with van der Waals surface area (Å²) >= 11 is 0. The average Bonchev–Trinajstić information content (AvgIpc) is 3.58. The summed E-state index contributed by atoms with van der Waals surface area (Å²) < 4.78 is 2.39. The van der Waals surface area contributed by atoms with Crippen LogP contribution in [0.1, 0.15) is 22.3 Å². The first-order valence-corrected chi connectivity index (χ1v) is 12.3. The van der Waals surface area contributed by atoms with E-state index in [1.165, 1.54) is 71.7 Å². The molecule has 0 N–H and O–H groups in total. The largest absolute Gasteiger partial charge is 0.292 e. The molecule has 0 saturated carbocycles. The first-order chi connectivity index (χ1) is 17.3. The molecule has 162 valence electrons. The van der Waals surface area contributed by atoms with Gasteiger partial charge >= 0.3 is 0 Å². The van der Waals surface area contributed by atoms with Gasteiger partial charge in [0, 0.05) is 10.8 Å². The van der Waals surface area contributed by atoms with Crippen molar-refractivity contribution in [2.45, 2.75) is 12.8 Å². The summed E-state index contributed by atoms with van der Waals surface area (Å²) in [5, 5.41) is 3.94. The summed E-state index contributed by atoms with van der Waals surface area (Å²) in [5.41, 5.74) is 15.7. The Hall–Kier alpha value is -4.43. The van der Waals surface area contributed by atoms with Crippen molar-refractivity contribution >= 4 is 38.4 Å². The van der Waals surface area contributed by atoms with E-state index in [2.05, 4.69) is 101 Å². The van der Waals surface area contributed by atoms with Gasteiger partial charge in [0.1, 0.15) is 5.65 Å². The molecule has 2 aliphatic carbocycles. The predicted octanol–water partition coefficient (Wildman–Crippen LogP) is 7.94. The predicted molar refractivity (Wildman–Crippen MR) is 144 cm³/mol. The Bertz CT molecular complexity index is 2060. The van der Waals surface area contributed by atoms with Gasteiger partial charge in [-0.25, -0.2) is 4.98 Å². The molecule has 0 spiro atoms. The molecule has 35 heavy (non-hydrogen) atoms. The van der Waals surface area contributed by atoms with Crippen molar-refractivity contribution in [1.82, 2.24) is 9.38 Å². The number of imidazole rings is 1. The van der Waals surface area contributed by atoms with E-state index in [0.29, 0.717) is 0 Å². The number of rotatable bonds is 0. The molecule has 0 bridgehead atoms. The van der Waals surface area contributed by atoms with Crippen LogP contribution in [0.4, 0.5) is 0 Å². The lowest BCUT2D eigenvalue weighted by molar-refractivity contribution is 1.25. The highest BCUT2D eigenvalue weighted by atomic mass is 15.0. The van der Waals surface area contributed by atoms with Crippen molar-refractivity contribution < 1.29 is 0 Å². The van der Waals surface area contributed by atoms with E-state index < -0.39 is 0 Å². The minimum Gasteiger partial charge on any atom is -0.292 e. The normalized spacial score (nSPS) is 13.5. The lowest BCUT2D eigenvalue weighted by Gasteiger charge is -2.15. The van der Waals surface area contributed by atoms with Crippen LogP contribution in [0, 0.1) is 0 Å². The van der Waals surface area contributed by atoms with Crippen LogP contribution in [0.15, 0.2) is 97.1 Å². The third kappa shape index (κ3) is 2.18. The van der Waals surface area contributed by atoms with Gasteiger partial charge in [-0.05, 0) is 93.1 Å². The molecule has 0 unspecified atom stereocenters. The molecule has 2 aromatic heterocycles. The fourth-order valence-electron chi connectivity index (χ4n) is 6.71. The molecule has 0 saturated heterocycles. The van der Waals surface area contributed by atoms with Crippen LogP contribution >= 0.6 is 0 Å². The van der Waals surface area contributed by atoms with Crippen molar-refractivity contribution in [2.75, 3.05) is 0 Å². The number of pyridine rings is 1. The Morgan fingerprint density at radius 1 is 0.543 bits per heavy atom. The SMILES string of the molecule is c1ccc2c(c1)Cc1cc3c(cc1-2)c1c2c(ccc1c1nc4ccccc4n31)-c1ccccc1C2. The second kappa shape index (κ2) is 6.17. The molecule has 2 heterocycles. The molecular formula is C33H20N2. The molecule has 2 nitrogen and oxygen atoms in total. The molecule has 0 amide bonds. The second-order valence-corrected chi connectivity index (χ2v) is 9.97. The van der Waals surface area contributed by atoms with Crippen molar-refractivity contribution in [3.8, 4) is 22.3 Å². The molecule has 2 heteroatoms. The summed E-state index contributed by atoms with van der Waals surface area (Å²) in [6.45, 7) is 0. The van der Waals surface area contributed by atoms with E-state index in [1.807, 2.05) is 0 Å². The zero-order valence-corrected chi connectivity index (χ0v) is 19.0. The maximum atomic E-state index is 5.16. The van der Waals surface area contributed by atoms with E-state index in [9.17, 15) is 0 Å². The van der Waals surface area contributed by atoms with Gasteiger partial charge < -0.3 is 0 Å². The Kier molecular flexibility index (Phi) is 3.16. The van der Waals surface area contributed by atoms with Crippen LogP contribution in [0.3, 0.4) is 0 Å². The maximum absolute atomic E-state index is 5.16. The van der Waals surface area contributed by atoms with Crippen LogP contribution in [-0.2, 0) is 12.8 Å². The van der Waals surface area contributed by atoms with E-state index >= 15 is 0 Å². The smallest absolute Gasteiger partial charge is 0.146 e. The van der Waals surface area contributed by atoms with Crippen LogP contribution in [0.2, 0.25) is 0 Å². The third-order valence-corrected chi connectivity index (χ3v) is 8.21. The van der Waals surface area contributed by atoms with Gasteiger partial charge in [0.15, 0.2) is 0 Å². The fraction of sp³-hybridized carbons (Fsp3) is 0.0606. The first kappa shape index (κ1) is 18.0. The Labute approximate surface area is 202 Å². The molecule has 0 atom stereocenters. The summed E-state index contributed by atoms with van der Waals surface area (Å²) in [4.78, 5) is 5.16. The van der Waals surface area contributed by atoms with Gasteiger partial charge in [-0.2, -0.15) is 0 Å². The van der Waals surface area contributed by atoms with E-state index in [4.69, 9.17) is 4.98 Å². The van der Waals surface area contributed by atoms with E-state index in [0.717, 1.165) is 24.0 Å². The van der Waals surface area contributed by atoms with E-state index in [1.54, 1.807) is 0 Å². The van der Waals surface area contributed by atoms with E-state index in [-0.39, 0.29) is 0 Å². The standard InChI is InChI=1S/C33H20N2/c1-4-10-23-19(7-1)15-21-17-31-28(18-26(21)23)32-25(33-34-29-11-5-6-12-30(29)35(31)33)14-13-24-22-9-3-2-8-20(22)16-27(24)32/h1-14,17-18H,15-16H2. The number of aromatic nitrogens is 2. The molecule has 0 aliphatic heterocycles. The van der Waals surface area contributed by atoms with Crippen molar-refractivity contribution in [1.29, 1.82) is 0 Å². The number of hydrogen-bond donors (Lipinski definition) is 0. The summed E-state index contributed by atoms with van der Waals surface area (Å²) in [6, 6.07) is 35.8. The topological polar surface area (TPSA) is 17.3 Å². The summed E-state index contributed by atoms with van der Waals surface area (Å²) in [7, 11) is 0. The minimum atomic E-state index is 0.974. The second-order valence-electron chi connectivity index (χ2n) is 9.97. The Morgan fingerprint density at radius 2 is 1.29 bits per heavy atom. The van der Waals surface area contributed by atoms with Gasteiger partial charge in [-0.15, -0.1) is 0 Å². The average molecular weight is 445 g/mol. The lowest BCUT2D eigenvalue weighted by Crippen LogP contribution is -1.96. The lowest BCUT2D eigenvalue weighted by atomic mass is 9.94. The van der Waals surface area contributed by atoms with Crippen LogP contribution < -0.4 is 0 Å². The molecular weight excluding hydrogens is 424 g/mol. The Balaban J connectivity index is 1.53. The van der Waals surface area contributed by atoms with Crippen LogP contribution in [0.5, 0.6) is 0 Å². The number of benzene rings is 5. The molecule has 0 fully saturated rings. The molecule has 9 rings (SSSR count). The molecule has 0 radical (unpaired) electrons. The molecule has 2 aliphatic rings. The number of para-hydroxylation sites is 2. The zero-order chi connectivity index (χ0) is 22.7. The van der Waals surface area contributed by atoms with Crippen molar-refractivity contribution in [3.63, 3.8) is 0 Å². The number of hydrogen-bond acceptors (Lipinski definition) is 1. The third-order valence-electron chi connectivity index (χ3n) is 8.21. The summed E-state index contributed by atoms with van der Waals surface area (Å²) in [5.74, 6) is 0. The number of fused-ring (bicyclic) bond motifs is 15. The quantitative estimate of drug-likeness (QED) is 0.217. The summed E-state index contributed by atoms with van der Waals surface area (Å²) in [6.07, 6.45) is 1.97. The monoisotopic (exact) mass is 444 g/mol. The molecule has 5 aromatic carbocycles. The van der Waals surface area contributed by atoms with Gasteiger partial charge in [0.2, 0.25) is 0 Å². The van der Waals surface area contributed by atoms with Crippen LogP contribution in [0.25, 0.3) is 60.6 Å². The highest BCUT2D eigenvalue weighted by Gasteiger charge is 2.26. The highest BCUT2D eigenvalue weighted by molar-refractivity contribution is 6.18. The maximum Gasteiger partial charge on any atom is 0.146 e. The Morgan fingerprint density at radius 3 is 2.17 bits per heavy atom. The highest BCUT2D eigenvalue weighted by Crippen LogP contribution is 2.46. The van der Waals surface area contributed by atoms with Gasteiger partial charge in [0.05, 0.1) is 16.6 Å². The van der Waals surface area contributed by atoms with Gasteiger partial charge in [-0.1, -0.05) is 66.7 Å². The van der Waals surface area contributed by atoms with Crippen molar-refractivity contribution in [3.05, 3.63) is 119 Å². The number of nitrogens with zero attached hydrogens (tertiary/aromatic N) is 2. The minimum absolute atomic E-state index is 0.974. The molecule has 7 aromatic rings. The van der Waals surface area contributed by atoms with Gasteiger partial charge in [0.25, 0.3) is 0 Å². The van der Waals surface area contributed by atoms with Crippen LogP contribution in [-0.4, -0.2) is 9.38 Å².